The molecule has 0 aliphatic heterocycles. The molecule has 2 aromatic carbocycles. The lowest BCUT2D eigenvalue weighted by molar-refractivity contribution is -0.139. The van der Waals surface area contributed by atoms with Crippen LogP contribution in [-0.4, -0.2) is 21.0 Å². The normalized spacial score (nSPS) is 11.9. The summed E-state index contributed by atoms with van der Waals surface area (Å²) in [7, 11) is -4.56. The number of esters is 1. The molecular weight excluding hydrogens is 409 g/mol. The number of hydrogen-bond donors (Lipinski definition) is 2. The SMILES string of the molecule is CCOC(=O)c1ccc(Nc2ccc(S(N)(=O)=O)c(C(F)(F)F)c2)c(Cl)c1. The Morgan fingerprint density at radius 3 is 2.41 bits per heavy atom. The molecule has 11 heteroatoms. The molecule has 2 rings (SSSR count). The van der Waals surface area contributed by atoms with Crippen molar-refractivity contribution in [3.63, 3.8) is 0 Å². The highest BCUT2D eigenvalue weighted by molar-refractivity contribution is 7.89. The number of nitrogens with one attached hydrogen (secondary N) is 1. The molecule has 0 radical (unpaired) electrons. The maximum Gasteiger partial charge on any atom is 0.417 e. The summed E-state index contributed by atoms with van der Waals surface area (Å²) in [5, 5.41) is 7.54. The Kier molecular flexibility index (Phi) is 6.03. The maximum atomic E-state index is 13.2. The van der Waals surface area contributed by atoms with E-state index >= 15 is 0 Å². The standard InChI is InChI=1S/C16H14ClF3N2O4S/c1-2-26-15(23)9-3-5-13(12(17)7-9)22-10-4-6-14(27(21,24)25)11(8-10)16(18,19)20/h3-8,22H,2H2,1H3,(H2,21,24,25). The van der Waals surface area contributed by atoms with Crippen molar-refractivity contribution < 1.29 is 31.1 Å². The number of benzene rings is 2. The second kappa shape index (κ2) is 7.75. The quantitative estimate of drug-likeness (QED) is 0.711. The van der Waals surface area contributed by atoms with E-state index in [2.05, 4.69) is 5.32 Å². The van der Waals surface area contributed by atoms with Crippen LogP contribution in [0.3, 0.4) is 0 Å². The number of halogens is 4. The smallest absolute Gasteiger partial charge is 0.417 e. The van der Waals surface area contributed by atoms with Gasteiger partial charge in [-0.3, -0.25) is 0 Å². The highest BCUT2D eigenvalue weighted by Crippen LogP contribution is 2.36. The number of alkyl halides is 3. The fraction of sp³-hybridized carbons (Fsp3) is 0.188. The first-order valence-electron chi connectivity index (χ1n) is 7.41. The molecule has 0 fully saturated rings. The molecule has 0 unspecified atom stereocenters. The fourth-order valence-corrected chi connectivity index (χ4v) is 3.16. The van der Waals surface area contributed by atoms with Crippen molar-refractivity contribution in [1.29, 1.82) is 0 Å². The molecule has 27 heavy (non-hydrogen) atoms. The van der Waals surface area contributed by atoms with Crippen molar-refractivity contribution in [3.8, 4) is 0 Å². The molecule has 0 atom stereocenters. The van der Waals surface area contributed by atoms with Crippen LogP contribution in [0.2, 0.25) is 5.02 Å². The van der Waals surface area contributed by atoms with Gasteiger partial charge in [0.25, 0.3) is 0 Å². The molecule has 6 nitrogen and oxygen atoms in total. The third-order valence-electron chi connectivity index (χ3n) is 3.35. The maximum absolute atomic E-state index is 13.2. The third kappa shape index (κ3) is 5.12. The summed E-state index contributed by atoms with van der Waals surface area (Å²) in [6.07, 6.45) is -4.93. The summed E-state index contributed by atoms with van der Waals surface area (Å²) in [6, 6.07) is 6.54. The average Bonchev–Trinajstić information content (AvgIpc) is 2.55. The predicted molar refractivity (Wildman–Crippen MR) is 93.5 cm³/mol. The number of rotatable bonds is 5. The van der Waals surface area contributed by atoms with E-state index in [9.17, 15) is 26.4 Å². The summed E-state index contributed by atoms with van der Waals surface area (Å²) in [5.41, 5.74) is -1.09. The first-order chi connectivity index (χ1) is 12.4. The Labute approximate surface area is 158 Å². The first-order valence-corrected chi connectivity index (χ1v) is 9.33. The van der Waals surface area contributed by atoms with E-state index in [-0.39, 0.29) is 28.6 Å². The summed E-state index contributed by atoms with van der Waals surface area (Å²) in [6.45, 7) is 1.81. The van der Waals surface area contributed by atoms with Crippen molar-refractivity contribution in [3.05, 3.63) is 52.5 Å². The number of sulfonamides is 1. The van der Waals surface area contributed by atoms with Crippen LogP contribution in [0.4, 0.5) is 24.5 Å². The summed E-state index contributed by atoms with van der Waals surface area (Å²) >= 11 is 6.05. The Bertz CT molecular complexity index is 978. The number of anilines is 2. The lowest BCUT2D eigenvalue weighted by atomic mass is 10.1. The van der Waals surface area contributed by atoms with E-state index in [4.69, 9.17) is 21.5 Å². The molecule has 0 aromatic heterocycles. The van der Waals surface area contributed by atoms with Gasteiger partial charge in [-0.15, -0.1) is 0 Å². The van der Waals surface area contributed by atoms with Crippen LogP contribution >= 0.6 is 11.6 Å². The van der Waals surface area contributed by atoms with Crippen molar-refractivity contribution >= 4 is 39.0 Å². The summed E-state index contributed by atoms with van der Waals surface area (Å²) in [4.78, 5) is 10.6. The number of nitrogens with two attached hydrogens (primary N) is 1. The van der Waals surface area contributed by atoms with Gasteiger partial charge in [0.15, 0.2) is 0 Å². The van der Waals surface area contributed by atoms with E-state index in [1.807, 2.05) is 0 Å². The zero-order chi connectivity index (χ0) is 20.4. The molecule has 0 spiro atoms. The van der Waals surface area contributed by atoms with Gasteiger partial charge < -0.3 is 10.1 Å². The Hall–Kier alpha value is -2.30. The largest absolute Gasteiger partial charge is 0.462 e. The van der Waals surface area contributed by atoms with Crippen LogP contribution < -0.4 is 10.5 Å². The van der Waals surface area contributed by atoms with Crippen LogP contribution in [0.25, 0.3) is 0 Å². The highest BCUT2D eigenvalue weighted by atomic mass is 35.5. The van der Waals surface area contributed by atoms with Gasteiger partial charge in [-0.25, -0.2) is 18.4 Å². The molecule has 0 aliphatic rings. The van der Waals surface area contributed by atoms with Gasteiger partial charge in [-0.2, -0.15) is 13.2 Å². The summed E-state index contributed by atoms with van der Waals surface area (Å²) < 4.78 is 67.1. The second-order valence-corrected chi connectivity index (χ2v) is 7.23. The minimum absolute atomic E-state index is 0.0598. The lowest BCUT2D eigenvalue weighted by Gasteiger charge is -2.15. The van der Waals surface area contributed by atoms with Gasteiger partial charge in [0.2, 0.25) is 10.0 Å². The van der Waals surface area contributed by atoms with E-state index in [0.717, 1.165) is 12.1 Å². The van der Waals surface area contributed by atoms with E-state index in [1.165, 1.54) is 18.2 Å². The molecule has 146 valence electrons. The van der Waals surface area contributed by atoms with Gasteiger partial charge >= 0.3 is 12.1 Å². The molecule has 0 bridgehead atoms. The van der Waals surface area contributed by atoms with E-state index in [1.54, 1.807) is 6.92 Å². The Morgan fingerprint density at radius 2 is 1.89 bits per heavy atom. The van der Waals surface area contributed by atoms with Crippen LogP contribution in [0.15, 0.2) is 41.3 Å². The number of carbonyl (C=O) groups is 1. The van der Waals surface area contributed by atoms with Crippen LogP contribution in [-0.2, 0) is 20.9 Å². The van der Waals surface area contributed by atoms with Gasteiger partial charge in [0.1, 0.15) is 0 Å². The molecule has 0 heterocycles. The van der Waals surface area contributed by atoms with Gasteiger partial charge in [0.05, 0.1) is 33.3 Å². The van der Waals surface area contributed by atoms with Gasteiger partial charge in [-0.1, -0.05) is 11.6 Å². The molecule has 0 amide bonds. The number of primary sulfonamides is 1. The Balaban J connectivity index is 2.39. The van der Waals surface area contributed by atoms with Gasteiger partial charge in [-0.05, 0) is 43.3 Å². The van der Waals surface area contributed by atoms with Crippen LogP contribution in [0, 0.1) is 0 Å². The minimum atomic E-state index is -4.93. The molecule has 0 saturated carbocycles. The van der Waals surface area contributed by atoms with Gasteiger partial charge in [0, 0.05) is 5.69 Å². The zero-order valence-electron chi connectivity index (χ0n) is 13.8. The van der Waals surface area contributed by atoms with Crippen LogP contribution in [0.5, 0.6) is 0 Å². The molecular formula is C16H14ClF3N2O4S. The van der Waals surface area contributed by atoms with Crippen LogP contribution in [0.1, 0.15) is 22.8 Å². The number of carbonyl (C=O) groups excluding carboxylic acids is 1. The van der Waals surface area contributed by atoms with Crippen molar-refractivity contribution in [1.82, 2.24) is 0 Å². The molecule has 2 aromatic rings. The van der Waals surface area contributed by atoms with E-state index in [0.29, 0.717) is 6.07 Å². The third-order valence-corrected chi connectivity index (χ3v) is 4.63. The lowest BCUT2D eigenvalue weighted by Crippen LogP contribution is -2.19. The molecule has 0 saturated heterocycles. The number of hydrogen-bond acceptors (Lipinski definition) is 5. The zero-order valence-corrected chi connectivity index (χ0v) is 15.4. The van der Waals surface area contributed by atoms with Crippen molar-refractivity contribution in [2.24, 2.45) is 5.14 Å². The average molecular weight is 423 g/mol. The first kappa shape index (κ1) is 21.0. The molecule has 0 aliphatic carbocycles. The van der Waals surface area contributed by atoms with Crippen molar-refractivity contribution in [2.75, 3.05) is 11.9 Å². The minimum Gasteiger partial charge on any atom is -0.462 e. The van der Waals surface area contributed by atoms with Crippen molar-refractivity contribution in [2.45, 2.75) is 18.0 Å². The fourth-order valence-electron chi connectivity index (χ4n) is 2.19. The predicted octanol–water partition coefficient (Wildman–Crippen LogP) is 3.93. The Morgan fingerprint density at radius 1 is 1.22 bits per heavy atom. The monoisotopic (exact) mass is 422 g/mol. The number of ether oxygens (including phenoxy) is 1. The topological polar surface area (TPSA) is 98.5 Å². The highest BCUT2D eigenvalue weighted by Gasteiger charge is 2.36. The second-order valence-electron chi connectivity index (χ2n) is 5.29. The summed E-state index contributed by atoms with van der Waals surface area (Å²) in [5.74, 6) is -0.595. The molecule has 3 N–H and O–H groups in total. The van der Waals surface area contributed by atoms with E-state index < -0.39 is 32.6 Å².